The van der Waals surface area contributed by atoms with Gasteiger partial charge in [0.05, 0.1) is 11.9 Å². The first kappa shape index (κ1) is 19.3. The van der Waals surface area contributed by atoms with Gasteiger partial charge < -0.3 is 10.1 Å². The minimum Gasteiger partial charge on any atom is -0.489 e. The number of nitrogens with one attached hydrogen (secondary N) is 1. The highest BCUT2D eigenvalue weighted by Gasteiger charge is 2.08. The molecule has 0 aliphatic carbocycles. The molecule has 7 heteroatoms. The quantitative estimate of drug-likeness (QED) is 0.514. The first-order chi connectivity index (χ1) is 14.7. The van der Waals surface area contributed by atoms with Crippen LogP contribution in [0.4, 0.5) is 5.69 Å². The number of carbonyl (C=O) groups is 1. The molecule has 4 rings (SSSR count). The standard InChI is InChI=1S/C23H20N4O3/c28-22(14-15-27-23(29)20-8-4-5-9-21(20)25-26-27)24-18-10-12-19(13-11-18)30-16-17-6-2-1-3-7-17/h1-13H,14-16H2,(H,24,28). The van der Waals surface area contributed by atoms with E-state index >= 15 is 0 Å². The molecule has 1 heterocycles. The van der Waals surface area contributed by atoms with E-state index in [1.54, 1.807) is 48.5 Å². The zero-order valence-corrected chi connectivity index (χ0v) is 16.2. The summed E-state index contributed by atoms with van der Waals surface area (Å²) in [7, 11) is 0. The lowest BCUT2D eigenvalue weighted by molar-refractivity contribution is -0.116. The summed E-state index contributed by atoms with van der Waals surface area (Å²) in [5.41, 5.74) is 2.03. The van der Waals surface area contributed by atoms with Gasteiger partial charge in [-0.2, -0.15) is 0 Å². The lowest BCUT2D eigenvalue weighted by atomic mass is 10.2. The third kappa shape index (κ3) is 4.70. The van der Waals surface area contributed by atoms with Crippen LogP contribution in [0.5, 0.6) is 5.75 Å². The third-order valence-electron chi connectivity index (χ3n) is 4.57. The van der Waals surface area contributed by atoms with Gasteiger partial charge in [0.1, 0.15) is 17.9 Å². The van der Waals surface area contributed by atoms with Gasteiger partial charge in [0.15, 0.2) is 0 Å². The van der Waals surface area contributed by atoms with Crippen molar-refractivity contribution in [1.29, 1.82) is 0 Å². The number of hydrogen-bond acceptors (Lipinski definition) is 5. The van der Waals surface area contributed by atoms with Crippen LogP contribution in [-0.4, -0.2) is 20.9 Å². The maximum absolute atomic E-state index is 12.4. The van der Waals surface area contributed by atoms with Crippen molar-refractivity contribution < 1.29 is 9.53 Å². The molecule has 7 nitrogen and oxygen atoms in total. The fourth-order valence-electron chi connectivity index (χ4n) is 2.98. The van der Waals surface area contributed by atoms with Crippen molar-refractivity contribution in [3.8, 4) is 5.75 Å². The van der Waals surface area contributed by atoms with Crippen molar-refractivity contribution in [3.63, 3.8) is 0 Å². The topological polar surface area (TPSA) is 86.1 Å². The zero-order chi connectivity index (χ0) is 20.8. The van der Waals surface area contributed by atoms with Crippen molar-refractivity contribution in [2.24, 2.45) is 0 Å². The second-order valence-electron chi connectivity index (χ2n) is 6.73. The average molecular weight is 400 g/mol. The van der Waals surface area contributed by atoms with E-state index in [9.17, 15) is 9.59 Å². The number of ether oxygens (including phenoxy) is 1. The van der Waals surface area contributed by atoms with E-state index in [-0.39, 0.29) is 24.4 Å². The Bertz CT molecular complexity index is 1200. The molecule has 0 fully saturated rings. The molecule has 0 saturated carbocycles. The molecule has 3 aromatic carbocycles. The van der Waals surface area contributed by atoms with E-state index in [0.717, 1.165) is 11.3 Å². The second-order valence-corrected chi connectivity index (χ2v) is 6.73. The van der Waals surface area contributed by atoms with Gasteiger partial charge in [-0.15, -0.1) is 5.10 Å². The number of carbonyl (C=O) groups excluding carboxylic acids is 1. The first-order valence-electron chi connectivity index (χ1n) is 9.58. The molecule has 0 atom stereocenters. The highest BCUT2D eigenvalue weighted by Crippen LogP contribution is 2.17. The molecule has 1 N–H and O–H groups in total. The molecule has 0 unspecified atom stereocenters. The summed E-state index contributed by atoms with van der Waals surface area (Å²) in [5, 5.41) is 11.2. The van der Waals surface area contributed by atoms with Crippen LogP contribution in [0.25, 0.3) is 10.9 Å². The maximum atomic E-state index is 12.4. The van der Waals surface area contributed by atoms with Gasteiger partial charge in [-0.05, 0) is 42.0 Å². The Morgan fingerprint density at radius 1 is 0.933 bits per heavy atom. The number of fused-ring (bicyclic) bond motifs is 1. The van der Waals surface area contributed by atoms with Crippen LogP contribution >= 0.6 is 0 Å². The lowest BCUT2D eigenvalue weighted by Gasteiger charge is -2.09. The van der Waals surface area contributed by atoms with E-state index in [2.05, 4.69) is 15.6 Å². The smallest absolute Gasteiger partial charge is 0.277 e. The molecule has 0 saturated heterocycles. The minimum absolute atomic E-state index is 0.110. The molecule has 1 amide bonds. The summed E-state index contributed by atoms with van der Waals surface area (Å²) in [6.45, 7) is 0.634. The Balaban J connectivity index is 1.31. The van der Waals surface area contributed by atoms with Crippen LogP contribution in [0.1, 0.15) is 12.0 Å². The number of aromatic nitrogens is 3. The third-order valence-corrected chi connectivity index (χ3v) is 4.57. The van der Waals surface area contributed by atoms with Crippen LogP contribution in [0.3, 0.4) is 0 Å². The lowest BCUT2D eigenvalue weighted by Crippen LogP contribution is -2.26. The molecule has 0 radical (unpaired) electrons. The molecular weight excluding hydrogens is 380 g/mol. The van der Waals surface area contributed by atoms with Crippen molar-refractivity contribution in [1.82, 2.24) is 15.0 Å². The first-order valence-corrected chi connectivity index (χ1v) is 9.58. The summed E-state index contributed by atoms with van der Waals surface area (Å²) in [4.78, 5) is 24.7. The molecule has 30 heavy (non-hydrogen) atoms. The van der Waals surface area contributed by atoms with E-state index in [4.69, 9.17) is 4.74 Å². The van der Waals surface area contributed by atoms with Gasteiger partial charge in [0, 0.05) is 12.1 Å². The van der Waals surface area contributed by atoms with E-state index < -0.39 is 0 Å². The monoisotopic (exact) mass is 400 g/mol. The molecule has 150 valence electrons. The van der Waals surface area contributed by atoms with Crippen molar-refractivity contribution in [2.75, 3.05) is 5.32 Å². The van der Waals surface area contributed by atoms with Gasteiger partial charge in [-0.1, -0.05) is 47.7 Å². The fraction of sp³-hybridized carbons (Fsp3) is 0.130. The summed E-state index contributed by atoms with van der Waals surface area (Å²) in [5.74, 6) is 0.504. The molecule has 1 aromatic heterocycles. The molecule has 0 aliphatic heterocycles. The summed E-state index contributed by atoms with van der Waals surface area (Å²) >= 11 is 0. The van der Waals surface area contributed by atoms with Crippen LogP contribution in [-0.2, 0) is 17.9 Å². The zero-order valence-electron chi connectivity index (χ0n) is 16.2. The Morgan fingerprint density at radius 2 is 1.67 bits per heavy atom. The Labute approximate surface area is 172 Å². The summed E-state index contributed by atoms with van der Waals surface area (Å²) < 4.78 is 6.95. The Morgan fingerprint density at radius 3 is 2.47 bits per heavy atom. The highest BCUT2D eigenvalue weighted by atomic mass is 16.5. The summed E-state index contributed by atoms with van der Waals surface area (Å²) in [6.07, 6.45) is 0.110. The molecule has 0 spiro atoms. The number of nitrogens with zero attached hydrogens (tertiary/aromatic N) is 3. The number of hydrogen-bond donors (Lipinski definition) is 1. The van der Waals surface area contributed by atoms with Gasteiger partial charge in [0.2, 0.25) is 5.91 Å². The predicted molar refractivity (Wildman–Crippen MR) is 114 cm³/mol. The van der Waals surface area contributed by atoms with Gasteiger partial charge >= 0.3 is 0 Å². The molecular formula is C23H20N4O3. The van der Waals surface area contributed by atoms with Gasteiger partial charge in [0.25, 0.3) is 5.56 Å². The molecule has 0 bridgehead atoms. The second kappa shape index (κ2) is 9.00. The van der Waals surface area contributed by atoms with Gasteiger partial charge in [-0.25, -0.2) is 4.68 Å². The van der Waals surface area contributed by atoms with Crippen molar-refractivity contribution in [2.45, 2.75) is 19.6 Å². The number of rotatable bonds is 7. The normalized spacial score (nSPS) is 10.7. The Kier molecular flexibility index (Phi) is 5.80. The Hall–Kier alpha value is -4.00. The highest BCUT2D eigenvalue weighted by molar-refractivity contribution is 5.90. The van der Waals surface area contributed by atoms with Crippen LogP contribution in [0, 0.1) is 0 Å². The molecule has 4 aromatic rings. The van der Waals surface area contributed by atoms with Crippen molar-refractivity contribution >= 4 is 22.5 Å². The minimum atomic E-state index is -0.256. The van der Waals surface area contributed by atoms with E-state index in [0.29, 0.717) is 23.2 Å². The van der Waals surface area contributed by atoms with E-state index in [1.807, 2.05) is 30.3 Å². The fourth-order valence-corrected chi connectivity index (χ4v) is 2.98. The van der Waals surface area contributed by atoms with Crippen LogP contribution in [0.15, 0.2) is 83.7 Å². The molecule has 0 aliphatic rings. The number of aryl methyl sites for hydroxylation is 1. The van der Waals surface area contributed by atoms with Crippen LogP contribution in [0.2, 0.25) is 0 Å². The van der Waals surface area contributed by atoms with Crippen LogP contribution < -0.4 is 15.6 Å². The van der Waals surface area contributed by atoms with E-state index in [1.165, 1.54) is 4.68 Å². The number of anilines is 1. The number of benzene rings is 3. The predicted octanol–water partition coefficient (Wildman–Crippen LogP) is 3.40. The van der Waals surface area contributed by atoms with Gasteiger partial charge in [-0.3, -0.25) is 9.59 Å². The number of amides is 1. The van der Waals surface area contributed by atoms with Crippen molar-refractivity contribution in [3.05, 3.63) is 94.8 Å². The summed E-state index contributed by atoms with van der Waals surface area (Å²) in [6, 6.07) is 24.1. The maximum Gasteiger partial charge on any atom is 0.277 e. The average Bonchev–Trinajstić information content (AvgIpc) is 2.79. The largest absolute Gasteiger partial charge is 0.489 e. The SMILES string of the molecule is O=C(CCn1nnc2ccccc2c1=O)Nc1ccc(OCc2ccccc2)cc1.